The summed E-state index contributed by atoms with van der Waals surface area (Å²) < 4.78 is 5.25. The number of rotatable bonds is 3. The van der Waals surface area contributed by atoms with Crippen molar-refractivity contribution in [2.75, 3.05) is 12.4 Å². The van der Waals surface area contributed by atoms with Gasteiger partial charge in [-0.25, -0.2) is 0 Å². The van der Waals surface area contributed by atoms with Crippen molar-refractivity contribution in [3.8, 4) is 5.75 Å². The van der Waals surface area contributed by atoms with Crippen molar-refractivity contribution in [3.05, 3.63) is 63.2 Å². The van der Waals surface area contributed by atoms with Crippen molar-refractivity contribution in [3.63, 3.8) is 0 Å². The number of aryl methyl sites for hydroxylation is 1. The fraction of sp³-hybridized carbons (Fsp3) is 0.188. The molecule has 2 aromatic rings. The molecule has 1 heterocycles. The van der Waals surface area contributed by atoms with Crippen LogP contribution in [0.3, 0.4) is 0 Å². The number of benzene rings is 2. The van der Waals surface area contributed by atoms with Crippen LogP contribution in [0.25, 0.3) is 0 Å². The number of carbonyl (C=O) groups excluding carboxylic acids is 1. The number of methoxy groups -OCH3 is 1. The Morgan fingerprint density at radius 3 is 2.61 bits per heavy atom. The van der Waals surface area contributed by atoms with E-state index in [1.807, 2.05) is 6.92 Å². The van der Waals surface area contributed by atoms with Gasteiger partial charge in [-0.3, -0.25) is 14.9 Å². The molecule has 3 rings (SSSR count). The van der Waals surface area contributed by atoms with Crippen molar-refractivity contribution in [2.45, 2.75) is 12.5 Å². The number of fused-ring (bicyclic) bond motifs is 1. The lowest BCUT2D eigenvalue weighted by Crippen LogP contribution is -2.35. The molecule has 1 amide bonds. The van der Waals surface area contributed by atoms with Crippen LogP contribution in [0.4, 0.5) is 11.4 Å². The average Bonchev–Trinajstić information content (AvgIpc) is 2.79. The van der Waals surface area contributed by atoms with Gasteiger partial charge in [0.1, 0.15) is 5.75 Å². The molecule has 1 atom stereocenters. The zero-order valence-electron chi connectivity index (χ0n) is 12.5. The maximum absolute atomic E-state index is 12.4. The summed E-state index contributed by atoms with van der Waals surface area (Å²) in [4.78, 5) is 22.9. The number of hydrogen-bond acceptors (Lipinski definition) is 5. The molecule has 1 aliphatic heterocycles. The van der Waals surface area contributed by atoms with Gasteiger partial charge in [-0.1, -0.05) is 11.6 Å². The van der Waals surface area contributed by atoms with Gasteiger partial charge in [-0.15, -0.1) is 0 Å². The smallest absolute Gasteiger partial charge is 0.269 e. The minimum absolute atomic E-state index is 0.139. The van der Waals surface area contributed by atoms with Crippen molar-refractivity contribution in [1.82, 2.24) is 0 Å². The standard InChI is InChI=1S/C16H14N2O5/c1-9-3-6-14(23-2)12(7-9)16(20)11-8-10(18(21)22)4-5-13(11)17-15(16)19/h3-8,20H,1-2H3,(H,17,19). The molecule has 0 fully saturated rings. The molecule has 1 aliphatic rings. The highest BCUT2D eigenvalue weighted by Gasteiger charge is 2.49. The first kappa shape index (κ1) is 15.0. The second kappa shape index (κ2) is 5.06. The van der Waals surface area contributed by atoms with Gasteiger partial charge in [-0.2, -0.15) is 0 Å². The topological polar surface area (TPSA) is 102 Å². The fourth-order valence-corrected chi connectivity index (χ4v) is 2.76. The number of nitro groups is 1. The first-order chi connectivity index (χ1) is 10.9. The number of aliphatic hydroxyl groups is 1. The summed E-state index contributed by atoms with van der Waals surface area (Å²) >= 11 is 0. The van der Waals surface area contributed by atoms with Crippen molar-refractivity contribution in [2.24, 2.45) is 0 Å². The summed E-state index contributed by atoms with van der Waals surface area (Å²) in [6.45, 7) is 1.81. The van der Waals surface area contributed by atoms with Crippen LogP contribution in [-0.4, -0.2) is 23.0 Å². The third-order valence-corrected chi connectivity index (χ3v) is 3.93. The van der Waals surface area contributed by atoms with Gasteiger partial charge in [0, 0.05) is 28.9 Å². The molecular formula is C16H14N2O5. The Labute approximate surface area is 131 Å². The number of hydrogen-bond donors (Lipinski definition) is 2. The molecule has 2 aromatic carbocycles. The van der Waals surface area contributed by atoms with Crippen LogP contribution >= 0.6 is 0 Å². The summed E-state index contributed by atoms with van der Waals surface area (Å²) in [6.07, 6.45) is 0. The molecule has 118 valence electrons. The number of ether oxygens (including phenoxy) is 1. The lowest BCUT2D eigenvalue weighted by molar-refractivity contribution is -0.385. The Morgan fingerprint density at radius 1 is 1.22 bits per heavy atom. The van der Waals surface area contributed by atoms with E-state index in [1.165, 1.54) is 25.3 Å². The molecule has 0 aromatic heterocycles. The number of carbonyl (C=O) groups is 1. The minimum atomic E-state index is -2.04. The van der Waals surface area contributed by atoms with E-state index in [4.69, 9.17) is 4.74 Å². The van der Waals surface area contributed by atoms with E-state index in [0.29, 0.717) is 11.4 Å². The molecule has 0 saturated heterocycles. The van der Waals surface area contributed by atoms with E-state index in [9.17, 15) is 20.0 Å². The third kappa shape index (κ3) is 2.13. The summed E-state index contributed by atoms with van der Waals surface area (Å²) in [6, 6.07) is 8.95. The van der Waals surface area contributed by atoms with Crippen LogP contribution in [0, 0.1) is 17.0 Å². The SMILES string of the molecule is COc1ccc(C)cc1C1(O)C(=O)Nc2ccc([N+](=O)[O-])cc21. The summed E-state index contributed by atoms with van der Waals surface area (Å²) in [7, 11) is 1.43. The first-order valence-electron chi connectivity index (χ1n) is 6.85. The summed E-state index contributed by atoms with van der Waals surface area (Å²) in [5.74, 6) is -0.343. The number of nitro benzene ring substituents is 1. The van der Waals surface area contributed by atoms with Crippen LogP contribution in [-0.2, 0) is 10.4 Å². The van der Waals surface area contributed by atoms with E-state index in [2.05, 4.69) is 5.32 Å². The molecule has 7 nitrogen and oxygen atoms in total. The predicted molar refractivity (Wildman–Crippen MR) is 82.5 cm³/mol. The van der Waals surface area contributed by atoms with Crippen LogP contribution in [0.5, 0.6) is 5.75 Å². The van der Waals surface area contributed by atoms with Crippen LogP contribution in [0.1, 0.15) is 16.7 Å². The molecule has 0 saturated carbocycles. The van der Waals surface area contributed by atoms with Gasteiger partial charge in [0.15, 0.2) is 5.60 Å². The number of nitrogens with zero attached hydrogens (tertiary/aromatic N) is 1. The highest BCUT2D eigenvalue weighted by atomic mass is 16.6. The molecule has 0 spiro atoms. The Kier molecular flexibility index (Phi) is 3.30. The number of amides is 1. The molecular weight excluding hydrogens is 300 g/mol. The first-order valence-corrected chi connectivity index (χ1v) is 6.85. The molecule has 2 N–H and O–H groups in total. The number of nitrogens with one attached hydrogen (secondary N) is 1. The third-order valence-electron chi connectivity index (χ3n) is 3.93. The molecule has 1 unspecified atom stereocenters. The van der Waals surface area contributed by atoms with E-state index in [1.54, 1.807) is 18.2 Å². The van der Waals surface area contributed by atoms with Gasteiger partial charge in [0.25, 0.3) is 11.6 Å². The molecule has 0 bridgehead atoms. The van der Waals surface area contributed by atoms with Gasteiger partial charge < -0.3 is 15.2 Å². The van der Waals surface area contributed by atoms with Crippen LogP contribution in [0.2, 0.25) is 0 Å². The normalized spacial score (nSPS) is 19.2. The fourth-order valence-electron chi connectivity index (χ4n) is 2.76. The number of non-ortho nitro benzene ring substituents is 1. The van der Waals surface area contributed by atoms with Gasteiger partial charge in [0.2, 0.25) is 0 Å². The van der Waals surface area contributed by atoms with Crippen molar-refractivity contribution < 1.29 is 19.6 Å². The predicted octanol–water partition coefficient (Wildman–Crippen LogP) is 2.10. The number of anilines is 1. The lowest BCUT2D eigenvalue weighted by atomic mass is 9.86. The molecule has 7 heteroatoms. The highest BCUT2D eigenvalue weighted by Crippen LogP contribution is 2.45. The average molecular weight is 314 g/mol. The zero-order valence-corrected chi connectivity index (χ0v) is 12.5. The van der Waals surface area contributed by atoms with Crippen LogP contribution in [0.15, 0.2) is 36.4 Å². The second-order valence-corrected chi connectivity index (χ2v) is 5.36. The molecule has 0 radical (unpaired) electrons. The summed E-state index contributed by atoms with van der Waals surface area (Å²) in [5.41, 5.74) is -0.700. The van der Waals surface area contributed by atoms with E-state index < -0.39 is 16.4 Å². The van der Waals surface area contributed by atoms with E-state index in [0.717, 1.165) is 5.56 Å². The van der Waals surface area contributed by atoms with Gasteiger partial charge in [-0.05, 0) is 25.1 Å². The summed E-state index contributed by atoms with van der Waals surface area (Å²) in [5, 5.41) is 24.7. The van der Waals surface area contributed by atoms with Gasteiger partial charge in [0.05, 0.1) is 12.0 Å². The quantitative estimate of drug-likeness (QED) is 0.667. The molecule has 23 heavy (non-hydrogen) atoms. The van der Waals surface area contributed by atoms with Crippen molar-refractivity contribution >= 4 is 17.3 Å². The second-order valence-electron chi connectivity index (χ2n) is 5.36. The van der Waals surface area contributed by atoms with E-state index >= 15 is 0 Å². The maximum atomic E-state index is 12.4. The minimum Gasteiger partial charge on any atom is -0.496 e. The van der Waals surface area contributed by atoms with Crippen LogP contribution < -0.4 is 10.1 Å². The zero-order chi connectivity index (χ0) is 16.8. The Morgan fingerprint density at radius 2 is 1.96 bits per heavy atom. The monoisotopic (exact) mass is 314 g/mol. The Hall–Kier alpha value is -2.93. The Balaban J connectivity index is 2.28. The lowest BCUT2D eigenvalue weighted by Gasteiger charge is -2.24. The van der Waals surface area contributed by atoms with Crippen molar-refractivity contribution in [1.29, 1.82) is 0 Å². The van der Waals surface area contributed by atoms with Gasteiger partial charge >= 0.3 is 0 Å². The molecule has 0 aliphatic carbocycles. The maximum Gasteiger partial charge on any atom is 0.269 e. The highest BCUT2D eigenvalue weighted by molar-refractivity contribution is 6.07. The largest absolute Gasteiger partial charge is 0.496 e. The van der Waals surface area contributed by atoms with E-state index in [-0.39, 0.29) is 16.8 Å². The Bertz CT molecular complexity index is 833.